The number of rotatable bonds is 8. The van der Waals surface area contributed by atoms with E-state index in [1.54, 1.807) is 19.2 Å². The maximum atomic E-state index is 12.7. The van der Waals surface area contributed by atoms with Crippen LogP contribution in [0.4, 0.5) is 5.69 Å². The van der Waals surface area contributed by atoms with Crippen LogP contribution in [-0.2, 0) is 6.42 Å². The van der Waals surface area contributed by atoms with Gasteiger partial charge in [0, 0.05) is 68.4 Å². The van der Waals surface area contributed by atoms with E-state index in [4.69, 9.17) is 16.3 Å². The highest BCUT2D eigenvalue weighted by Crippen LogP contribution is 2.31. The summed E-state index contributed by atoms with van der Waals surface area (Å²) in [4.78, 5) is 38.0. The summed E-state index contributed by atoms with van der Waals surface area (Å²) in [5.41, 5.74) is 2.87. The molecule has 9 nitrogen and oxygen atoms in total. The van der Waals surface area contributed by atoms with Gasteiger partial charge in [-0.25, -0.2) is 0 Å². The number of aryl methyl sites for hydroxylation is 1. The lowest BCUT2D eigenvalue weighted by Crippen LogP contribution is -2.47. The predicted molar refractivity (Wildman–Crippen MR) is 147 cm³/mol. The van der Waals surface area contributed by atoms with Crippen LogP contribution in [0.2, 0.25) is 5.02 Å². The van der Waals surface area contributed by atoms with Crippen molar-refractivity contribution >= 4 is 41.5 Å². The third-order valence-corrected chi connectivity index (χ3v) is 7.06. The molecule has 1 fully saturated rings. The minimum Gasteiger partial charge on any atom is -0.495 e. The van der Waals surface area contributed by atoms with Crippen LogP contribution in [0.25, 0.3) is 0 Å². The van der Waals surface area contributed by atoms with Crippen molar-refractivity contribution in [1.29, 1.82) is 0 Å². The summed E-state index contributed by atoms with van der Waals surface area (Å²) < 4.78 is 5.34. The average Bonchev–Trinajstić information content (AvgIpc) is 2.93. The van der Waals surface area contributed by atoms with Crippen molar-refractivity contribution in [3.63, 3.8) is 0 Å². The second kappa shape index (κ2) is 12.2. The third-order valence-electron chi connectivity index (χ3n) is 6.63. The summed E-state index contributed by atoms with van der Waals surface area (Å²) in [5, 5.41) is 6.40. The highest BCUT2D eigenvalue weighted by Gasteiger charge is 2.21. The summed E-state index contributed by atoms with van der Waals surface area (Å²) in [6.45, 7) is 3.30. The number of amides is 2. The Balaban J connectivity index is 1.30. The molecule has 2 aliphatic rings. The highest BCUT2D eigenvalue weighted by molar-refractivity contribution is 6.33. The van der Waals surface area contributed by atoms with Crippen molar-refractivity contribution in [3.05, 3.63) is 58.1 Å². The number of methoxy groups -OCH3 is 1. The molecule has 2 N–H and O–H groups in total. The molecule has 1 saturated heterocycles. The van der Waals surface area contributed by atoms with E-state index < -0.39 is 6.29 Å². The Bertz CT molecular complexity index is 1160. The van der Waals surface area contributed by atoms with Gasteiger partial charge in [-0.05, 0) is 61.9 Å². The molecule has 0 spiro atoms. The van der Waals surface area contributed by atoms with Crippen molar-refractivity contribution in [2.24, 2.45) is 15.9 Å². The van der Waals surface area contributed by atoms with E-state index in [1.165, 1.54) is 7.11 Å². The van der Waals surface area contributed by atoms with Crippen molar-refractivity contribution in [2.75, 3.05) is 52.7 Å². The minimum absolute atomic E-state index is 0.0485. The van der Waals surface area contributed by atoms with Crippen LogP contribution in [0.5, 0.6) is 5.75 Å². The summed E-state index contributed by atoms with van der Waals surface area (Å²) in [6.07, 6.45) is 4.72. The van der Waals surface area contributed by atoms with E-state index in [1.807, 2.05) is 41.6 Å². The number of hydrogen-bond donors (Lipinski definition) is 2. The van der Waals surface area contributed by atoms with Crippen LogP contribution in [0.15, 0.2) is 46.4 Å². The standard InChI is InChI=1S/C27H33ClN6O3/c1-29-25(35)21-14-20(24(28)23(15-21)37-3)5-4-18-16-30-27(31-17-18)32-22-8-6-19(7-9-22)26(36)34-12-10-33(2)11-13-34/h6-9,14-18,27,32H,4-5,10-13H2,1-3H3,(H,29,35). The Morgan fingerprint density at radius 3 is 2.35 bits per heavy atom. The number of hydrogen-bond acceptors (Lipinski definition) is 7. The van der Waals surface area contributed by atoms with Gasteiger partial charge in [-0.1, -0.05) is 11.6 Å². The van der Waals surface area contributed by atoms with E-state index in [0.717, 1.165) is 43.9 Å². The van der Waals surface area contributed by atoms with Crippen LogP contribution in [0, 0.1) is 5.92 Å². The molecular weight excluding hydrogens is 492 g/mol. The average molecular weight is 525 g/mol. The fourth-order valence-corrected chi connectivity index (χ4v) is 4.60. The molecule has 0 unspecified atom stereocenters. The molecule has 2 aromatic carbocycles. The summed E-state index contributed by atoms with van der Waals surface area (Å²) in [6, 6.07) is 10.9. The lowest BCUT2D eigenvalue weighted by Gasteiger charge is -2.32. The van der Waals surface area contributed by atoms with Crippen LogP contribution < -0.4 is 15.4 Å². The largest absolute Gasteiger partial charge is 0.495 e. The highest BCUT2D eigenvalue weighted by atomic mass is 35.5. The third kappa shape index (κ3) is 6.67. The monoisotopic (exact) mass is 524 g/mol. The first-order chi connectivity index (χ1) is 17.9. The molecule has 2 aliphatic heterocycles. The molecule has 2 amide bonds. The molecule has 2 aromatic rings. The van der Waals surface area contributed by atoms with Gasteiger partial charge < -0.3 is 25.2 Å². The first-order valence-corrected chi connectivity index (χ1v) is 12.7. The topological polar surface area (TPSA) is 98.6 Å². The number of carbonyl (C=O) groups is 2. The Morgan fingerprint density at radius 2 is 1.73 bits per heavy atom. The molecule has 0 aliphatic carbocycles. The van der Waals surface area contributed by atoms with E-state index in [-0.39, 0.29) is 17.7 Å². The van der Waals surface area contributed by atoms with E-state index in [9.17, 15) is 9.59 Å². The van der Waals surface area contributed by atoms with E-state index >= 15 is 0 Å². The fraction of sp³-hybridized carbons (Fsp3) is 0.407. The van der Waals surface area contributed by atoms with Crippen molar-refractivity contribution in [3.8, 4) is 5.75 Å². The first-order valence-electron chi connectivity index (χ1n) is 12.4. The number of likely N-dealkylation sites (N-methyl/N-ethyl adjacent to an activating group) is 1. The molecule has 0 saturated carbocycles. The summed E-state index contributed by atoms with van der Waals surface area (Å²) in [5.74, 6) is 0.397. The number of ether oxygens (including phenoxy) is 1. The number of benzene rings is 2. The van der Waals surface area contributed by atoms with Gasteiger partial charge in [0.1, 0.15) is 5.75 Å². The van der Waals surface area contributed by atoms with Crippen LogP contribution >= 0.6 is 11.6 Å². The van der Waals surface area contributed by atoms with Gasteiger partial charge in [0.25, 0.3) is 11.8 Å². The van der Waals surface area contributed by atoms with Crippen LogP contribution in [0.3, 0.4) is 0 Å². The smallest absolute Gasteiger partial charge is 0.253 e. The molecule has 37 heavy (non-hydrogen) atoms. The Morgan fingerprint density at radius 1 is 1.05 bits per heavy atom. The maximum absolute atomic E-state index is 12.7. The van der Waals surface area contributed by atoms with Crippen LogP contribution in [0.1, 0.15) is 32.7 Å². The summed E-state index contributed by atoms with van der Waals surface area (Å²) >= 11 is 6.48. The normalized spacial score (nSPS) is 19.5. The minimum atomic E-state index is -0.421. The molecule has 10 heteroatoms. The SMILES string of the molecule is CNC(=O)c1cc(CCC2C=NC(Nc3ccc(C(=O)N4CCN(C)CC4)cc3)N=C2)c(Cl)c(OC)c1. The van der Waals surface area contributed by atoms with Gasteiger partial charge >= 0.3 is 0 Å². The Kier molecular flexibility index (Phi) is 8.78. The van der Waals surface area contributed by atoms with Gasteiger partial charge in [-0.3, -0.25) is 19.6 Å². The predicted octanol–water partition coefficient (Wildman–Crippen LogP) is 3.20. The molecule has 0 aromatic heterocycles. The first kappa shape index (κ1) is 26.6. The molecule has 2 heterocycles. The number of piperazine rings is 1. The molecule has 0 radical (unpaired) electrons. The fourth-order valence-electron chi connectivity index (χ4n) is 4.32. The second-order valence-corrected chi connectivity index (χ2v) is 9.60. The van der Waals surface area contributed by atoms with Gasteiger partial charge in [0.15, 0.2) is 0 Å². The molecule has 0 bridgehead atoms. The molecule has 0 atom stereocenters. The number of halogens is 1. The maximum Gasteiger partial charge on any atom is 0.253 e. The molecule has 4 rings (SSSR count). The number of nitrogens with one attached hydrogen (secondary N) is 2. The van der Waals surface area contributed by atoms with Gasteiger partial charge in [0.2, 0.25) is 6.29 Å². The number of anilines is 1. The Labute approximate surface area is 222 Å². The van der Waals surface area contributed by atoms with E-state index in [2.05, 4.69) is 32.6 Å². The zero-order valence-electron chi connectivity index (χ0n) is 21.4. The van der Waals surface area contributed by atoms with Gasteiger partial charge in [-0.2, -0.15) is 0 Å². The van der Waals surface area contributed by atoms with Crippen molar-refractivity contribution in [2.45, 2.75) is 19.1 Å². The van der Waals surface area contributed by atoms with Crippen molar-refractivity contribution < 1.29 is 14.3 Å². The van der Waals surface area contributed by atoms with E-state index in [0.29, 0.717) is 28.3 Å². The number of aliphatic imine (C=N–C) groups is 2. The number of carbonyl (C=O) groups excluding carboxylic acids is 2. The van der Waals surface area contributed by atoms with Gasteiger partial charge in [0.05, 0.1) is 12.1 Å². The zero-order valence-corrected chi connectivity index (χ0v) is 22.2. The zero-order chi connectivity index (χ0) is 26.4. The quantitative estimate of drug-likeness (QED) is 0.552. The van der Waals surface area contributed by atoms with Gasteiger partial charge in [-0.15, -0.1) is 0 Å². The van der Waals surface area contributed by atoms with Crippen molar-refractivity contribution in [1.82, 2.24) is 15.1 Å². The lowest BCUT2D eigenvalue weighted by molar-refractivity contribution is 0.0664. The summed E-state index contributed by atoms with van der Waals surface area (Å²) in [7, 11) is 5.19. The Hall–Kier alpha value is -3.43. The molecule has 196 valence electrons. The lowest BCUT2D eigenvalue weighted by atomic mass is 9.99. The number of nitrogens with zero attached hydrogens (tertiary/aromatic N) is 4. The van der Waals surface area contributed by atoms with Crippen LogP contribution in [-0.4, -0.2) is 87.7 Å². The second-order valence-electron chi connectivity index (χ2n) is 9.22. The molecular formula is C27H33ClN6O3.